The van der Waals surface area contributed by atoms with Gasteiger partial charge in [-0.05, 0) is 55.7 Å². The highest BCUT2D eigenvalue weighted by Gasteiger charge is 2.50. The predicted octanol–water partition coefficient (Wildman–Crippen LogP) is 4.56. The molecule has 1 aromatic carbocycles. The lowest BCUT2D eigenvalue weighted by Crippen LogP contribution is -2.54. The topological polar surface area (TPSA) is 44.8 Å². The molecule has 0 aromatic heterocycles. The Morgan fingerprint density at radius 3 is 2.56 bits per heavy atom. The number of carbonyl (C=O) groups excluding carboxylic acids is 1. The van der Waals surface area contributed by atoms with Crippen molar-refractivity contribution >= 4 is 11.6 Å². The summed E-state index contributed by atoms with van der Waals surface area (Å²) >= 11 is 0. The molecule has 0 bridgehead atoms. The van der Waals surface area contributed by atoms with Crippen LogP contribution in [0.5, 0.6) is 0 Å². The standard InChI is InChI=1S/C26H38F3N3O2/c1-18(2)25(9-7-21(16-25)30-23-8-14-34-17-19(23)3)24(33)32-12-10-31(11-13-32)22-6-4-5-20(15-22)26(27,28)29/h4-6,15,18-19,21,23,30H,7-14,16-17H2,1-3H3/t19-,21+,23+,25-/m0/s1. The minimum atomic E-state index is -4.35. The highest BCUT2D eigenvalue weighted by atomic mass is 19.4. The molecule has 2 aliphatic heterocycles. The first kappa shape index (κ1) is 25.3. The Morgan fingerprint density at radius 2 is 1.91 bits per heavy atom. The number of rotatable bonds is 5. The van der Waals surface area contributed by atoms with Crippen LogP contribution in [0.25, 0.3) is 0 Å². The number of nitrogens with zero attached hydrogens (tertiary/aromatic N) is 2. The van der Waals surface area contributed by atoms with Gasteiger partial charge < -0.3 is 19.9 Å². The van der Waals surface area contributed by atoms with Gasteiger partial charge in [0.05, 0.1) is 17.6 Å². The Hall–Kier alpha value is -1.80. The van der Waals surface area contributed by atoms with Crippen LogP contribution >= 0.6 is 0 Å². The highest BCUT2D eigenvalue weighted by molar-refractivity contribution is 5.84. The van der Waals surface area contributed by atoms with E-state index in [0.717, 1.165) is 45.0 Å². The third-order valence-corrected chi connectivity index (χ3v) is 8.28. The van der Waals surface area contributed by atoms with Crippen molar-refractivity contribution in [2.24, 2.45) is 17.3 Å². The third kappa shape index (κ3) is 5.23. The van der Waals surface area contributed by atoms with Crippen molar-refractivity contribution in [1.82, 2.24) is 10.2 Å². The van der Waals surface area contributed by atoms with Crippen LogP contribution in [0.15, 0.2) is 24.3 Å². The normalized spacial score (nSPS) is 30.7. The summed E-state index contributed by atoms with van der Waals surface area (Å²) < 4.78 is 44.9. The third-order valence-electron chi connectivity index (χ3n) is 8.28. The Labute approximate surface area is 201 Å². The lowest BCUT2D eigenvalue weighted by atomic mass is 9.74. The molecule has 0 unspecified atom stereocenters. The monoisotopic (exact) mass is 481 g/mol. The van der Waals surface area contributed by atoms with Gasteiger partial charge in [0.15, 0.2) is 0 Å². The van der Waals surface area contributed by atoms with Gasteiger partial charge in [0.1, 0.15) is 0 Å². The van der Waals surface area contributed by atoms with Gasteiger partial charge in [-0.2, -0.15) is 13.2 Å². The number of benzene rings is 1. The van der Waals surface area contributed by atoms with Crippen molar-refractivity contribution in [2.45, 2.75) is 64.7 Å². The molecule has 1 amide bonds. The van der Waals surface area contributed by atoms with E-state index in [9.17, 15) is 18.0 Å². The van der Waals surface area contributed by atoms with Gasteiger partial charge >= 0.3 is 6.18 Å². The maximum atomic E-state index is 13.8. The summed E-state index contributed by atoms with van der Waals surface area (Å²) in [6.45, 7) is 10.3. The largest absolute Gasteiger partial charge is 0.416 e. The van der Waals surface area contributed by atoms with Crippen LogP contribution < -0.4 is 10.2 Å². The molecule has 1 saturated carbocycles. The molecule has 190 valence electrons. The Balaban J connectivity index is 1.38. The van der Waals surface area contributed by atoms with E-state index in [1.165, 1.54) is 12.1 Å². The average Bonchev–Trinajstić information content (AvgIpc) is 3.25. The van der Waals surface area contributed by atoms with Gasteiger partial charge in [-0.1, -0.05) is 26.8 Å². The molecular weight excluding hydrogens is 443 g/mol. The van der Waals surface area contributed by atoms with Gasteiger partial charge in [0.2, 0.25) is 5.91 Å². The van der Waals surface area contributed by atoms with E-state index < -0.39 is 11.7 Å². The second kappa shape index (κ2) is 10.1. The van der Waals surface area contributed by atoms with E-state index >= 15 is 0 Å². The summed E-state index contributed by atoms with van der Waals surface area (Å²) in [5.74, 6) is 0.929. The van der Waals surface area contributed by atoms with Crippen LogP contribution in [-0.4, -0.2) is 62.3 Å². The average molecular weight is 482 g/mol. The van der Waals surface area contributed by atoms with Crippen LogP contribution in [0.1, 0.15) is 52.0 Å². The number of piperazine rings is 1. The zero-order valence-electron chi connectivity index (χ0n) is 20.5. The Bertz CT molecular complexity index is 854. The van der Waals surface area contributed by atoms with Gasteiger partial charge in [0.25, 0.3) is 0 Å². The van der Waals surface area contributed by atoms with Crippen LogP contribution in [0.3, 0.4) is 0 Å². The first-order chi connectivity index (χ1) is 16.1. The molecule has 34 heavy (non-hydrogen) atoms. The maximum Gasteiger partial charge on any atom is 0.416 e. The van der Waals surface area contributed by atoms with Gasteiger partial charge in [-0.25, -0.2) is 0 Å². The first-order valence-electron chi connectivity index (χ1n) is 12.7. The number of hydrogen-bond acceptors (Lipinski definition) is 4. The van der Waals surface area contributed by atoms with Crippen LogP contribution in [0, 0.1) is 17.3 Å². The van der Waals surface area contributed by atoms with E-state index in [1.807, 2.05) is 9.80 Å². The van der Waals surface area contributed by atoms with Crippen LogP contribution in [0.4, 0.5) is 18.9 Å². The highest BCUT2D eigenvalue weighted by Crippen LogP contribution is 2.46. The van der Waals surface area contributed by atoms with E-state index in [-0.39, 0.29) is 17.2 Å². The molecule has 0 radical (unpaired) electrons. The number of hydrogen-bond donors (Lipinski definition) is 1. The van der Waals surface area contributed by atoms with Gasteiger partial charge in [-0.3, -0.25) is 4.79 Å². The van der Waals surface area contributed by atoms with Gasteiger partial charge in [-0.15, -0.1) is 0 Å². The molecule has 4 atom stereocenters. The summed E-state index contributed by atoms with van der Waals surface area (Å²) in [5.41, 5.74) is -0.438. The second-order valence-corrected chi connectivity index (χ2v) is 10.7. The molecule has 1 aliphatic carbocycles. The molecule has 0 spiro atoms. The summed E-state index contributed by atoms with van der Waals surface area (Å²) in [5, 5.41) is 3.83. The number of ether oxygens (including phenoxy) is 1. The number of anilines is 1. The van der Waals surface area contributed by atoms with Crippen molar-refractivity contribution in [1.29, 1.82) is 0 Å². The first-order valence-corrected chi connectivity index (χ1v) is 12.7. The fourth-order valence-corrected chi connectivity index (χ4v) is 5.98. The van der Waals surface area contributed by atoms with E-state index in [0.29, 0.717) is 49.9 Å². The van der Waals surface area contributed by atoms with E-state index in [1.54, 1.807) is 6.07 Å². The quantitative estimate of drug-likeness (QED) is 0.670. The van der Waals surface area contributed by atoms with Crippen molar-refractivity contribution in [3.8, 4) is 0 Å². The lowest BCUT2D eigenvalue weighted by Gasteiger charge is -2.42. The second-order valence-electron chi connectivity index (χ2n) is 10.7. The number of nitrogens with one attached hydrogen (secondary N) is 1. The van der Waals surface area contributed by atoms with Crippen LogP contribution in [0.2, 0.25) is 0 Å². The molecule has 3 fully saturated rings. The molecular formula is C26H38F3N3O2. The smallest absolute Gasteiger partial charge is 0.381 e. The molecule has 5 nitrogen and oxygen atoms in total. The van der Waals surface area contributed by atoms with Crippen molar-refractivity contribution < 1.29 is 22.7 Å². The summed E-state index contributed by atoms with van der Waals surface area (Å²) in [7, 11) is 0. The molecule has 2 saturated heterocycles. The minimum Gasteiger partial charge on any atom is -0.381 e. The number of halogens is 3. The number of amides is 1. The fraction of sp³-hybridized carbons (Fsp3) is 0.731. The predicted molar refractivity (Wildman–Crippen MR) is 127 cm³/mol. The Kier molecular flexibility index (Phi) is 7.48. The lowest BCUT2D eigenvalue weighted by molar-refractivity contribution is -0.145. The summed E-state index contributed by atoms with van der Waals surface area (Å²) in [6.07, 6.45) is -0.614. The number of alkyl halides is 3. The molecule has 8 heteroatoms. The van der Waals surface area contributed by atoms with Crippen molar-refractivity contribution in [3.05, 3.63) is 29.8 Å². The summed E-state index contributed by atoms with van der Waals surface area (Å²) in [6, 6.07) is 6.25. The fourth-order valence-electron chi connectivity index (χ4n) is 5.98. The zero-order chi connectivity index (χ0) is 24.5. The zero-order valence-corrected chi connectivity index (χ0v) is 20.5. The van der Waals surface area contributed by atoms with E-state index in [2.05, 4.69) is 26.1 Å². The van der Waals surface area contributed by atoms with Gasteiger partial charge in [0, 0.05) is 50.6 Å². The van der Waals surface area contributed by atoms with Crippen molar-refractivity contribution in [3.63, 3.8) is 0 Å². The number of carbonyl (C=O) groups is 1. The SMILES string of the molecule is CC(C)[C@]1(C(=O)N2CCN(c3cccc(C(F)(F)F)c3)CC2)CC[C@@H](N[C@@H]2CCOC[C@@H]2C)C1. The minimum absolute atomic E-state index is 0.218. The molecule has 4 rings (SSSR count). The molecule has 3 aliphatic rings. The molecule has 2 heterocycles. The summed E-state index contributed by atoms with van der Waals surface area (Å²) in [4.78, 5) is 17.7. The van der Waals surface area contributed by atoms with Crippen LogP contribution in [-0.2, 0) is 15.7 Å². The Morgan fingerprint density at radius 1 is 1.18 bits per heavy atom. The van der Waals surface area contributed by atoms with E-state index in [4.69, 9.17) is 4.74 Å². The molecule has 1 aromatic rings. The maximum absolute atomic E-state index is 13.8. The van der Waals surface area contributed by atoms with Crippen molar-refractivity contribution in [2.75, 3.05) is 44.3 Å². The molecule has 1 N–H and O–H groups in total.